The molecular formula is C18H22FN5O3. The van der Waals surface area contributed by atoms with Gasteiger partial charge in [-0.3, -0.25) is 9.69 Å². The number of aromatic nitrogens is 2. The van der Waals surface area contributed by atoms with Crippen LogP contribution in [0.4, 0.5) is 10.2 Å². The zero-order valence-corrected chi connectivity index (χ0v) is 15.3. The highest BCUT2D eigenvalue weighted by Crippen LogP contribution is 2.19. The molecule has 2 aromatic rings. The van der Waals surface area contributed by atoms with Gasteiger partial charge in [-0.25, -0.2) is 4.39 Å². The normalized spacial score (nSPS) is 16.3. The highest BCUT2D eigenvalue weighted by molar-refractivity contribution is 5.80. The van der Waals surface area contributed by atoms with Gasteiger partial charge in [0, 0.05) is 32.7 Å². The minimum absolute atomic E-state index is 0.110. The Morgan fingerprint density at radius 1 is 1.30 bits per heavy atom. The maximum Gasteiger partial charge on any atom is 0.390 e. The molecule has 0 bridgehead atoms. The number of rotatable bonds is 5. The molecule has 2 heterocycles. The Hall–Kier alpha value is -2.81. The van der Waals surface area contributed by atoms with Gasteiger partial charge in [0.2, 0.25) is 5.91 Å². The molecule has 1 aliphatic rings. The molecule has 0 saturated carbocycles. The number of aryl methyl sites for hydroxylation is 1. The van der Waals surface area contributed by atoms with Gasteiger partial charge in [-0.2, -0.15) is 4.68 Å². The Labute approximate surface area is 156 Å². The van der Waals surface area contributed by atoms with Crippen molar-refractivity contribution >= 4 is 11.7 Å². The van der Waals surface area contributed by atoms with E-state index < -0.39 is 11.0 Å². The molecule has 1 saturated heterocycles. The molecule has 1 fully saturated rings. The molecule has 0 N–H and O–H groups in total. The Kier molecular flexibility index (Phi) is 5.50. The minimum Gasteiger partial charge on any atom is -0.358 e. The average molecular weight is 375 g/mol. The third kappa shape index (κ3) is 4.30. The van der Waals surface area contributed by atoms with Crippen molar-refractivity contribution in [3.8, 4) is 0 Å². The number of hydrogen-bond acceptors (Lipinski definition) is 5. The molecule has 1 aromatic carbocycles. The predicted octanol–water partition coefficient (Wildman–Crippen LogP) is 2.14. The molecule has 0 radical (unpaired) electrons. The Morgan fingerprint density at radius 2 is 2.00 bits per heavy atom. The molecule has 3 rings (SSSR count). The molecule has 1 atom stereocenters. The van der Waals surface area contributed by atoms with Crippen molar-refractivity contribution in [3.05, 3.63) is 57.5 Å². The second-order valence-corrected chi connectivity index (χ2v) is 6.75. The number of halogens is 1. The van der Waals surface area contributed by atoms with E-state index in [4.69, 9.17) is 0 Å². The lowest BCUT2D eigenvalue weighted by molar-refractivity contribution is -0.389. The van der Waals surface area contributed by atoms with Crippen molar-refractivity contribution < 1.29 is 14.1 Å². The molecule has 1 aliphatic heterocycles. The third-order valence-electron chi connectivity index (χ3n) is 4.80. The number of carbonyl (C=O) groups is 1. The van der Waals surface area contributed by atoms with Crippen LogP contribution in [-0.4, -0.2) is 56.6 Å². The Morgan fingerprint density at radius 3 is 2.59 bits per heavy atom. The second-order valence-electron chi connectivity index (χ2n) is 6.75. The SMILES string of the molecule is Cc1cc([N+](=O)[O-])nn1C(C)C(=O)N1CCN(Cc2cccc(F)c2)CC1. The first-order valence-electron chi connectivity index (χ1n) is 8.81. The number of amides is 1. The molecule has 8 nitrogen and oxygen atoms in total. The van der Waals surface area contributed by atoms with Crippen LogP contribution in [0, 0.1) is 22.9 Å². The van der Waals surface area contributed by atoms with Gasteiger partial charge in [-0.05, 0) is 36.5 Å². The van der Waals surface area contributed by atoms with E-state index in [1.165, 1.54) is 22.9 Å². The molecule has 1 aromatic heterocycles. The highest BCUT2D eigenvalue weighted by atomic mass is 19.1. The van der Waals surface area contributed by atoms with Crippen LogP contribution in [0.15, 0.2) is 30.3 Å². The van der Waals surface area contributed by atoms with Crippen molar-refractivity contribution in [2.24, 2.45) is 0 Å². The van der Waals surface area contributed by atoms with Crippen molar-refractivity contribution in [2.45, 2.75) is 26.4 Å². The van der Waals surface area contributed by atoms with Crippen LogP contribution in [0.2, 0.25) is 0 Å². The maximum absolute atomic E-state index is 13.3. The lowest BCUT2D eigenvalue weighted by Gasteiger charge is -2.35. The third-order valence-corrected chi connectivity index (χ3v) is 4.80. The fourth-order valence-corrected chi connectivity index (χ4v) is 3.34. The largest absolute Gasteiger partial charge is 0.390 e. The minimum atomic E-state index is -0.603. The molecule has 1 unspecified atom stereocenters. The Balaban J connectivity index is 1.58. The van der Waals surface area contributed by atoms with E-state index in [0.717, 1.165) is 5.56 Å². The van der Waals surface area contributed by atoms with Gasteiger partial charge in [0.25, 0.3) is 0 Å². The van der Waals surface area contributed by atoms with E-state index in [1.807, 2.05) is 6.07 Å². The van der Waals surface area contributed by atoms with Crippen LogP contribution in [-0.2, 0) is 11.3 Å². The van der Waals surface area contributed by atoms with Crippen LogP contribution < -0.4 is 0 Å². The zero-order valence-electron chi connectivity index (χ0n) is 15.3. The van der Waals surface area contributed by atoms with Gasteiger partial charge in [0.05, 0.1) is 16.9 Å². The molecule has 1 amide bonds. The van der Waals surface area contributed by atoms with Gasteiger partial charge in [-0.15, -0.1) is 0 Å². The summed E-state index contributed by atoms with van der Waals surface area (Å²) in [5.74, 6) is -0.618. The maximum atomic E-state index is 13.3. The summed E-state index contributed by atoms with van der Waals surface area (Å²) in [6.07, 6.45) is 0. The van der Waals surface area contributed by atoms with E-state index in [9.17, 15) is 19.3 Å². The average Bonchev–Trinajstić information content (AvgIpc) is 3.03. The van der Waals surface area contributed by atoms with Gasteiger partial charge in [-0.1, -0.05) is 12.1 Å². The summed E-state index contributed by atoms with van der Waals surface area (Å²) in [7, 11) is 0. The van der Waals surface area contributed by atoms with E-state index in [2.05, 4.69) is 10.00 Å². The highest BCUT2D eigenvalue weighted by Gasteiger charge is 2.30. The van der Waals surface area contributed by atoms with Gasteiger partial charge >= 0.3 is 5.82 Å². The van der Waals surface area contributed by atoms with Gasteiger partial charge in [0.15, 0.2) is 0 Å². The van der Waals surface area contributed by atoms with Crippen molar-refractivity contribution in [1.82, 2.24) is 19.6 Å². The van der Waals surface area contributed by atoms with Crippen LogP contribution >= 0.6 is 0 Å². The lowest BCUT2D eigenvalue weighted by atomic mass is 10.2. The van der Waals surface area contributed by atoms with Crippen LogP contribution in [0.25, 0.3) is 0 Å². The fourth-order valence-electron chi connectivity index (χ4n) is 3.34. The second kappa shape index (κ2) is 7.83. The fraction of sp³-hybridized carbons (Fsp3) is 0.444. The van der Waals surface area contributed by atoms with Crippen molar-refractivity contribution in [3.63, 3.8) is 0 Å². The number of nitro groups is 1. The summed E-state index contributed by atoms with van der Waals surface area (Å²) in [6, 6.07) is 7.28. The van der Waals surface area contributed by atoms with Crippen LogP contribution in [0.1, 0.15) is 24.2 Å². The van der Waals surface area contributed by atoms with Crippen LogP contribution in [0.5, 0.6) is 0 Å². The molecule has 9 heteroatoms. The monoisotopic (exact) mass is 375 g/mol. The molecule has 0 spiro atoms. The van der Waals surface area contributed by atoms with Gasteiger partial charge in [0.1, 0.15) is 11.9 Å². The first-order chi connectivity index (χ1) is 12.8. The van der Waals surface area contributed by atoms with E-state index in [-0.39, 0.29) is 17.5 Å². The standard InChI is InChI=1S/C18H22FN5O3/c1-13-10-17(24(26)27)20-23(13)14(2)18(25)22-8-6-21(7-9-22)12-15-4-3-5-16(19)11-15/h3-5,10-11,14H,6-9,12H2,1-2H3. The molecular weight excluding hydrogens is 353 g/mol. The zero-order chi connectivity index (χ0) is 19.6. The van der Waals surface area contributed by atoms with E-state index in [0.29, 0.717) is 38.4 Å². The number of carbonyl (C=O) groups excluding carboxylic acids is 1. The smallest absolute Gasteiger partial charge is 0.358 e. The van der Waals surface area contributed by atoms with E-state index >= 15 is 0 Å². The van der Waals surface area contributed by atoms with Crippen molar-refractivity contribution in [2.75, 3.05) is 26.2 Å². The quantitative estimate of drug-likeness (QED) is 0.591. The number of hydrogen-bond donors (Lipinski definition) is 0. The van der Waals surface area contributed by atoms with Crippen molar-refractivity contribution in [1.29, 1.82) is 0 Å². The molecule has 144 valence electrons. The first-order valence-corrected chi connectivity index (χ1v) is 8.81. The summed E-state index contributed by atoms with van der Waals surface area (Å²) in [5, 5.41) is 14.8. The van der Waals surface area contributed by atoms with E-state index in [1.54, 1.807) is 24.8 Å². The summed E-state index contributed by atoms with van der Waals surface area (Å²) >= 11 is 0. The number of benzene rings is 1. The Bertz CT molecular complexity index is 845. The summed E-state index contributed by atoms with van der Waals surface area (Å²) in [5.41, 5.74) is 1.48. The van der Waals surface area contributed by atoms with Crippen LogP contribution in [0.3, 0.4) is 0 Å². The molecule has 27 heavy (non-hydrogen) atoms. The predicted molar refractivity (Wildman–Crippen MR) is 96.6 cm³/mol. The first kappa shape index (κ1) is 19.0. The topological polar surface area (TPSA) is 84.5 Å². The number of piperazine rings is 1. The number of nitrogens with zero attached hydrogens (tertiary/aromatic N) is 5. The summed E-state index contributed by atoms with van der Waals surface area (Å²) < 4.78 is 14.7. The summed E-state index contributed by atoms with van der Waals surface area (Å²) in [4.78, 5) is 27.0. The lowest BCUT2D eigenvalue weighted by Crippen LogP contribution is -2.50. The van der Waals surface area contributed by atoms with Gasteiger partial charge < -0.3 is 15.0 Å². The molecule has 0 aliphatic carbocycles. The summed E-state index contributed by atoms with van der Waals surface area (Å²) in [6.45, 7) is 6.52.